The predicted molar refractivity (Wildman–Crippen MR) is 113 cm³/mol. The van der Waals surface area contributed by atoms with Crippen molar-refractivity contribution in [2.24, 2.45) is 0 Å². The van der Waals surface area contributed by atoms with Crippen LogP contribution < -0.4 is 9.46 Å². The minimum Gasteiger partial charge on any atom is -0.489 e. The average Bonchev–Trinajstić information content (AvgIpc) is 2.99. The molecule has 0 aliphatic heterocycles. The van der Waals surface area contributed by atoms with Gasteiger partial charge in [0, 0.05) is 0 Å². The Hall–Kier alpha value is -2.80. The third-order valence-electron chi connectivity index (χ3n) is 4.87. The fraction of sp³-hybridized carbons (Fsp3) is 0.318. The first-order chi connectivity index (χ1) is 13.7. The van der Waals surface area contributed by atoms with Gasteiger partial charge >= 0.3 is 0 Å². The molecule has 1 heterocycles. The summed E-state index contributed by atoms with van der Waals surface area (Å²) in [4.78, 5) is 0.177. The normalized spacial score (nSPS) is 11.7. The molecule has 0 spiro atoms. The molecule has 1 aromatic heterocycles. The summed E-state index contributed by atoms with van der Waals surface area (Å²) in [6.45, 7) is 10.0. The molecule has 29 heavy (non-hydrogen) atoms. The number of ether oxygens (including phenoxy) is 1. The average molecular weight is 415 g/mol. The molecule has 0 fully saturated rings. The fourth-order valence-corrected chi connectivity index (χ4v) is 4.01. The van der Waals surface area contributed by atoms with Gasteiger partial charge in [-0.15, -0.1) is 0 Å². The molecule has 2 aromatic carbocycles. The summed E-state index contributed by atoms with van der Waals surface area (Å²) < 4.78 is 39.2. The van der Waals surface area contributed by atoms with Crippen LogP contribution in [0, 0.1) is 20.8 Å². The Morgan fingerprint density at radius 1 is 1.07 bits per heavy atom. The van der Waals surface area contributed by atoms with E-state index in [-0.39, 0.29) is 4.90 Å². The maximum absolute atomic E-state index is 12.8. The van der Waals surface area contributed by atoms with E-state index in [1.807, 2.05) is 39.0 Å². The molecule has 0 radical (unpaired) electrons. The molecule has 0 unspecified atom stereocenters. The van der Waals surface area contributed by atoms with E-state index in [4.69, 9.17) is 9.26 Å². The summed E-state index contributed by atoms with van der Waals surface area (Å²) >= 11 is 0. The quantitative estimate of drug-likeness (QED) is 0.581. The molecule has 3 rings (SSSR count). The van der Waals surface area contributed by atoms with Gasteiger partial charge in [0.05, 0.1) is 21.8 Å². The number of nitrogens with one attached hydrogen (secondary N) is 1. The van der Waals surface area contributed by atoms with Crippen LogP contribution in [0.2, 0.25) is 0 Å². The van der Waals surface area contributed by atoms with Gasteiger partial charge in [0.2, 0.25) is 0 Å². The molecule has 0 amide bonds. The maximum Gasteiger partial charge on any atom is 0.261 e. The summed E-state index contributed by atoms with van der Waals surface area (Å²) in [5.74, 6) is 1.60. The Kier molecular flexibility index (Phi) is 5.98. The third-order valence-corrected chi connectivity index (χ3v) is 6.25. The Balaban J connectivity index is 1.74. The van der Waals surface area contributed by atoms with Crippen molar-refractivity contribution >= 4 is 15.7 Å². The van der Waals surface area contributed by atoms with Gasteiger partial charge in [-0.2, -0.15) is 0 Å². The zero-order chi connectivity index (χ0) is 21.2. The number of hydrogen-bond acceptors (Lipinski definition) is 5. The largest absolute Gasteiger partial charge is 0.489 e. The molecule has 1 N–H and O–H groups in total. The second-order valence-electron chi connectivity index (χ2n) is 7.40. The molecule has 0 saturated heterocycles. The number of rotatable bonds is 7. The van der Waals surface area contributed by atoms with Crippen molar-refractivity contribution in [1.29, 1.82) is 0 Å². The lowest BCUT2D eigenvalue weighted by molar-refractivity contribution is 0.301. The van der Waals surface area contributed by atoms with Crippen LogP contribution in [0.1, 0.15) is 47.9 Å². The van der Waals surface area contributed by atoms with E-state index < -0.39 is 10.0 Å². The van der Waals surface area contributed by atoms with Crippen molar-refractivity contribution in [1.82, 2.24) is 5.16 Å². The van der Waals surface area contributed by atoms with Gasteiger partial charge in [0.1, 0.15) is 18.1 Å². The third kappa shape index (κ3) is 4.79. The number of nitrogens with zero attached hydrogens (tertiary/aromatic N) is 1. The van der Waals surface area contributed by atoms with E-state index in [0.717, 1.165) is 22.4 Å². The Morgan fingerprint density at radius 3 is 2.34 bits per heavy atom. The molecule has 0 atom stereocenters. The van der Waals surface area contributed by atoms with Crippen LogP contribution in [-0.4, -0.2) is 13.6 Å². The molecule has 0 saturated carbocycles. The standard InChI is InChI=1S/C22H26N2O4S/c1-14(2)18-7-6-15(3)22(12-18)24-29(25,26)20-10-8-19(9-11-20)27-13-21-16(4)23-28-17(21)5/h6-12,14,24H,13H2,1-5H3. The van der Waals surface area contributed by atoms with Crippen molar-refractivity contribution in [3.05, 3.63) is 70.6 Å². The lowest BCUT2D eigenvalue weighted by Crippen LogP contribution is -2.14. The van der Waals surface area contributed by atoms with Crippen LogP contribution in [0.5, 0.6) is 5.75 Å². The minimum atomic E-state index is -3.70. The Morgan fingerprint density at radius 2 is 1.76 bits per heavy atom. The van der Waals surface area contributed by atoms with Crippen molar-refractivity contribution in [3.63, 3.8) is 0 Å². The highest BCUT2D eigenvalue weighted by Gasteiger charge is 2.16. The second-order valence-corrected chi connectivity index (χ2v) is 9.08. The SMILES string of the molecule is Cc1ccc(C(C)C)cc1NS(=O)(=O)c1ccc(OCc2c(C)noc2C)cc1. The number of hydrogen-bond donors (Lipinski definition) is 1. The number of aromatic nitrogens is 1. The van der Waals surface area contributed by atoms with E-state index in [1.165, 1.54) is 12.1 Å². The van der Waals surface area contributed by atoms with Crippen LogP contribution >= 0.6 is 0 Å². The summed E-state index contributed by atoms with van der Waals surface area (Å²) in [6.07, 6.45) is 0. The molecule has 154 valence electrons. The van der Waals surface area contributed by atoms with Gasteiger partial charge in [0.15, 0.2) is 0 Å². The van der Waals surface area contributed by atoms with E-state index in [1.54, 1.807) is 12.1 Å². The highest BCUT2D eigenvalue weighted by atomic mass is 32.2. The van der Waals surface area contributed by atoms with Crippen LogP contribution in [0.4, 0.5) is 5.69 Å². The van der Waals surface area contributed by atoms with Crippen LogP contribution in [0.15, 0.2) is 51.9 Å². The van der Waals surface area contributed by atoms with E-state index in [2.05, 4.69) is 23.7 Å². The fourth-order valence-electron chi connectivity index (χ4n) is 2.89. The van der Waals surface area contributed by atoms with Crippen LogP contribution in [-0.2, 0) is 16.6 Å². The second kappa shape index (κ2) is 8.29. The number of anilines is 1. The number of sulfonamides is 1. The molecule has 6 nitrogen and oxygen atoms in total. The predicted octanol–water partition coefficient (Wildman–Crippen LogP) is 5.10. The van der Waals surface area contributed by atoms with E-state index in [9.17, 15) is 8.42 Å². The van der Waals surface area contributed by atoms with Gasteiger partial charge in [-0.3, -0.25) is 4.72 Å². The van der Waals surface area contributed by atoms with Crippen LogP contribution in [0.3, 0.4) is 0 Å². The van der Waals surface area contributed by atoms with Crippen molar-refractivity contribution in [2.45, 2.75) is 52.0 Å². The first-order valence-electron chi connectivity index (χ1n) is 9.45. The van der Waals surface area contributed by atoms with Crippen molar-refractivity contribution in [2.75, 3.05) is 4.72 Å². The smallest absolute Gasteiger partial charge is 0.261 e. The number of benzene rings is 2. The topological polar surface area (TPSA) is 81.4 Å². The molecule has 3 aromatic rings. The zero-order valence-electron chi connectivity index (χ0n) is 17.3. The molecular formula is C22H26N2O4S. The summed E-state index contributed by atoms with van der Waals surface area (Å²) in [7, 11) is -3.70. The van der Waals surface area contributed by atoms with Crippen molar-refractivity contribution < 1.29 is 17.7 Å². The van der Waals surface area contributed by atoms with Crippen LogP contribution in [0.25, 0.3) is 0 Å². The zero-order valence-corrected chi connectivity index (χ0v) is 18.1. The summed E-state index contributed by atoms with van der Waals surface area (Å²) in [6, 6.07) is 12.2. The summed E-state index contributed by atoms with van der Waals surface area (Å²) in [5.41, 5.74) is 4.22. The number of aryl methyl sites for hydroxylation is 3. The Bertz CT molecular complexity index is 1080. The van der Waals surface area contributed by atoms with E-state index in [0.29, 0.717) is 29.7 Å². The van der Waals surface area contributed by atoms with Gasteiger partial charge in [0.25, 0.3) is 10.0 Å². The lowest BCUT2D eigenvalue weighted by Gasteiger charge is -2.14. The molecule has 0 aliphatic carbocycles. The molecule has 0 aliphatic rings. The minimum absolute atomic E-state index is 0.177. The van der Waals surface area contributed by atoms with Gasteiger partial charge in [-0.25, -0.2) is 8.42 Å². The van der Waals surface area contributed by atoms with Gasteiger partial charge in [-0.05, 0) is 68.1 Å². The van der Waals surface area contributed by atoms with Gasteiger partial charge < -0.3 is 9.26 Å². The first kappa shape index (κ1) is 20.9. The van der Waals surface area contributed by atoms with Crippen molar-refractivity contribution in [3.8, 4) is 5.75 Å². The highest BCUT2D eigenvalue weighted by Crippen LogP contribution is 2.26. The summed E-state index contributed by atoms with van der Waals surface area (Å²) in [5, 5.41) is 3.90. The molecule has 0 bridgehead atoms. The Labute approximate surface area is 171 Å². The van der Waals surface area contributed by atoms with E-state index >= 15 is 0 Å². The highest BCUT2D eigenvalue weighted by molar-refractivity contribution is 7.92. The monoisotopic (exact) mass is 414 g/mol. The molecular weight excluding hydrogens is 388 g/mol. The first-order valence-corrected chi connectivity index (χ1v) is 10.9. The molecule has 7 heteroatoms. The van der Waals surface area contributed by atoms with Gasteiger partial charge in [-0.1, -0.05) is 31.1 Å². The lowest BCUT2D eigenvalue weighted by atomic mass is 10.0. The maximum atomic E-state index is 12.8.